The van der Waals surface area contributed by atoms with Gasteiger partial charge in [0.1, 0.15) is 6.61 Å². The highest BCUT2D eigenvalue weighted by molar-refractivity contribution is 5.69. The molecule has 0 radical (unpaired) electrons. The molecule has 1 atom stereocenters. The second kappa shape index (κ2) is 9.42. The first-order chi connectivity index (χ1) is 7.95. The van der Waals surface area contributed by atoms with Crippen LogP contribution in [-0.2, 0) is 14.3 Å². The molecular weight excluding hydrogens is 218 g/mol. The summed E-state index contributed by atoms with van der Waals surface area (Å²) in [7, 11) is 0. The van der Waals surface area contributed by atoms with Crippen LogP contribution < -0.4 is 5.73 Å². The standard InChI is InChI=1S/C13H27NO3/c1-10(2)7-12(9-14)8-13(15)17-6-5-16-11(3)4/h10-12H,5-9,14H2,1-4H3/t12-/m0/s1. The third kappa shape index (κ3) is 10.3. The molecule has 4 nitrogen and oxygen atoms in total. The van der Waals surface area contributed by atoms with Gasteiger partial charge >= 0.3 is 5.97 Å². The van der Waals surface area contributed by atoms with E-state index in [9.17, 15) is 4.79 Å². The van der Waals surface area contributed by atoms with Gasteiger partial charge in [0, 0.05) is 6.42 Å². The molecule has 0 bridgehead atoms. The van der Waals surface area contributed by atoms with Gasteiger partial charge in [-0.15, -0.1) is 0 Å². The van der Waals surface area contributed by atoms with E-state index < -0.39 is 0 Å². The van der Waals surface area contributed by atoms with Crippen LogP contribution in [0.25, 0.3) is 0 Å². The lowest BCUT2D eigenvalue weighted by Gasteiger charge is -2.16. The zero-order valence-corrected chi connectivity index (χ0v) is 11.6. The van der Waals surface area contributed by atoms with Crippen molar-refractivity contribution in [1.82, 2.24) is 0 Å². The van der Waals surface area contributed by atoms with Crippen molar-refractivity contribution in [1.29, 1.82) is 0 Å². The van der Waals surface area contributed by atoms with Crippen molar-refractivity contribution < 1.29 is 14.3 Å². The second-order valence-electron chi connectivity index (χ2n) is 5.08. The second-order valence-corrected chi connectivity index (χ2v) is 5.08. The average molecular weight is 245 g/mol. The third-order valence-corrected chi connectivity index (χ3v) is 2.39. The Morgan fingerprint density at radius 3 is 2.29 bits per heavy atom. The lowest BCUT2D eigenvalue weighted by atomic mass is 9.94. The summed E-state index contributed by atoms with van der Waals surface area (Å²) in [5.74, 6) is 0.614. The molecule has 2 N–H and O–H groups in total. The zero-order valence-electron chi connectivity index (χ0n) is 11.6. The van der Waals surface area contributed by atoms with Crippen molar-refractivity contribution in [3.63, 3.8) is 0 Å². The monoisotopic (exact) mass is 245 g/mol. The summed E-state index contributed by atoms with van der Waals surface area (Å²) in [6.45, 7) is 9.49. The van der Waals surface area contributed by atoms with Crippen LogP contribution in [0.15, 0.2) is 0 Å². The summed E-state index contributed by atoms with van der Waals surface area (Å²) in [5.41, 5.74) is 5.63. The number of hydrogen-bond acceptors (Lipinski definition) is 4. The number of ether oxygens (including phenoxy) is 2. The van der Waals surface area contributed by atoms with Gasteiger partial charge in [-0.2, -0.15) is 0 Å². The molecule has 0 aliphatic heterocycles. The van der Waals surface area contributed by atoms with E-state index in [1.165, 1.54) is 0 Å². The summed E-state index contributed by atoms with van der Waals surface area (Å²) in [6, 6.07) is 0. The van der Waals surface area contributed by atoms with E-state index in [0.717, 1.165) is 6.42 Å². The number of rotatable bonds is 9. The first-order valence-electron chi connectivity index (χ1n) is 6.43. The van der Waals surface area contributed by atoms with E-state index >= 15 is 0 Å². The summed E-state index contributed by atoms with van der Waals surface area (Å²) in [6.07, 6.45) is 1.55. The fourth-order valence-electron chi connectivity index (χ4n) is 1.66. The van der Waals surface area contributed by atoms with Crippen LogP contribution in [0, 0.1) is 11.8 Å². The molecule has 0 aromatic heterocycles. The first kappa shape index (κ1) is 16.4. The van der Waals surface area contributed by atoms with Gasteiger partial charge in [0.25, 0.3) is 0 Å². The molecule has 102 valence electrons. The third-order valence-electron chi connectivity index (χ3n) is 2.39. The topological polar surface area (TPSA) is 61.6 Å². The molecular formula is C13H27NO3. The predicted octanol–water partition coefficient (Wildman–Crippen LogP) is 1.97. The van der Waals surface area contributed by atoms with Gasteiger partial charge < -0.3 is 15.2 Å². The minimum Gasteiger partial charge on any atom is -0.463 e. The number of carbonyl (C=O) groups excluding carboxylic acids is 1. The van der Waals surface area contributed by atoms with E-state index in [1.54, 1.807) is 0 Å². The van der Waals surface area contributed by atoms with Gasteiger partial charge in [-0.3, -0.25) is 4.79 Å². The van der Waals surface area contributed by atoms with Crippen molar-refractivity contribution in [2.75, 3.05) is 19.8 Å². The molecule has 0 rings (SSSR count). The molecule has 4 heteroatoms. The Hall–Kier alpha value is -0.610. The largest absolute Gasteiger partial charge is 0.463 e. The van der Waals surface area contributed by atoms with E-state index in [-0.39, 0.29) is 18.0 Å². The van der Waals surface area contributed by atoms with E-state index in [1.807, 2.05) is 13.8 Å². The molecule has 0 aromatic carbocycles. The highest BCUT2D eigenvalue weighted by Crippen LogP contribution is 2.14. The molecule has 0 heterocycles. The molecule has 0 amide bonds. The Morgan fingerprint density at radius 1 is 1.18 bits per heavy atom. The van der Waals surface area contributed by atoms with Crippen molar-refractivity contribution >= 4 is 5.97 Å². The zero-order chi connectivity index (χ0) is 13.3. The Balaban J connectivity index is 3.68. The molecule has 0 saturated heterocycles. The van der Waals surface area contributed by atoms with Crippen LogP contribution in [0.5, 0.6) is 0 Å². The maximum absolute atomic E-state index is 11.5. The molecule has 17 heavy (non-hydrogen) atoms. The van der Waals surface area contributed by atoms with Crippen molar-refractivity contribution in [2.24, 2.45) is 17.6 Å². The number of esters is 1. The van der Waals surface area contributed by atoms with Gasteiger partial charge in [0.05, 0.1) is 12.7 Å². The molecule has 0 aliphatic rings. The minimum atomic E-state index is -0.173. The maximum Gasteiger partial charge on any atom is 0.306 e. The fourth-order valence-corrected chi connectivity index (χ4v) is 1.66. The normalized spacial score (nSPS) is 13.1. The highest BCUT2D eigenvalue weighted by Gasteiger charge is 2.14. The van der Waals surface area contributed by atoms with Crippen LogP contribution in [0.3, 0.4) is 0 Å². The minimum absolute atomic E-state index is 0.173. The Bertz CT molecular complexity index is 205. The van der Waals surface area contributed by atoms with Gasteiger partial charge in [0.15, 0.2) is 0 Å². The van der Waals surface area contributed by atoms with Crippen molar-refractivity contribution in [3.8, 4) is 0 Å². The van der Waals surface area contributed by atoms with Gasteiger partial charge in [-0.1, -0.05) is 13.8 Å². The van der Waals surface area contributed by atoms with Crippen LogP contribution in [-0.4, -0.2) is 31.8 Å². The van der Waals surface area contributed by atoms with Gasteiger partial charge in [-0.25, -0.2) is 0 Å². The number of hydrogen-bond donors (Lipinski definition) is 1. The number of nitrogens with two attached hydrogens (primary N) is 1. The maximum atomic E-state index is 11.5. The van der Waals surface area contributed by atoms with E-state index in [4.69, 9.17) is 15.2 Å². The summed E-state index contributed by atoms with van der Waals surface area (Å²) in [4.78, 5) is 11.5. The van der Waals surface area contributed by atoms with Gasteiger partial charge in [0.2, 0.25) is 0 Å². The molecule has 0 fully saturated rings. The summed E-state index contributed by atoms with van der Waals surface area (Å²) < 4.78 is 10.4. The van der Waals surface area contributed by atoms with E-state index in [0.29, 0.717) is 32.1 Å². The molecule has 0 unspecified atom stereocenters. The Kier molecular flexibility index (Phi) is 9.09. The van der Waals surface area contributed by atoms with Crippen LogP contribution in [0.4, 0.5) is 0 Å². The van der Waals surface area contributed by atoms with Crippen molar-refractivity contribution in [2.45, 2.75) is 46.6 Å². The molecule has 0 aliphatic carbocycles. The van der Waals surface area contributed by atoms with Crippen LogP contribution >= 0.6 is 0 Å². The Labute approximate surface area is 105 Å². The molecule has 0 aromatic rings. The van der Waals surface area contributed by atoms with Crippen LogP contribution in [0.2, 0.25) is 0 Å². The lowest BCUT2D eigenvalue weighted by Crippen LogP contribution is -2.22. The lowest BCUT2D eigenvalue weighted by molar-refractivity contribution is -0.146. The SMILES string of the molecule is CC(C)C[C@H](CN)CC(=O)OCCOC(C)C. The predicted molar refractivity (Wildman–Crippen MR) is 68.7 cm³/mol. The Morgan fingerprint density at radius 2 is 1.82 bits per heavy atom. The fraction of sp³-hybridized carbons (Fsp3) is 0.923. The van der Waals surface area contributed by atoms with Crippen LogP contribution in [0.1, 0.15) is 40.5 Å². The highest BCUT2D eigenvalue weighted by atomic mass is 16.6. The first-order valence-corrected chi connectivity index (χ1v) is 6.43. The smallest absolute Gasteiger partial charge is 0.306 e. The van der Waals surface area contributed by atoms with Crippen molar-refractivity contribution in [3.05, 3.63) is 0 Å². The summed E-state index contributed by atoms with van der Waals surface area (Å²) in [5, 5.41) is 0. The average Bonchev–Trinajstić information content (AvgIpc) is 2.22. The quantitative estimate of drug-likeness (QED) is 0.498. The number of carbonyl (C=O) groups is 1. The van der Waals surface area contributed by atoms with Gasteiger partial charge in [-0.05, 0) is 38.6 Å². The summed E-state index contributed by atoms with van der Waals surface area (Å²) >= 11 is 0. The molecule has 0 spiro atoms. The molecule has 0 saturated carbocycles. The van der Waals surface area contributed by atoms with E-state index in [2.05, 4.69) is 13.8 Å².